The van der Waals surface area contributed by atoms with Crippen LogP contribution in [-0.4, -0.2) is 39.3 Å². The second kappa shape index (κ2) is 6.04. The van der Waals surface area contributed by atoms with Crippen LogP contribution < -0.4 is 11.1 Å². The summed E-state index contributed by atoms with van der Waals surface area (Å²) >= 11 is 0. The van der Waals surface area contributed by atoms with E-state index in [2.05, 4.69) is 36.4 Å². The van der Waals surface area contributed by atoms with Gasteiger partial charge in [-0.1, -0.05) is 17.7 Å². The van der Waals surface area contributed by atoms with Gasteiger partial charge >= 0.3 is 6.03 Å². The van der Waals surface area contributed by atoms with Crippen LogP contribution in [0.3, 0.4) is 0 Å². The van der Waals surface area contributed by atoms with E-state index in [0.29, 0.717) is 12.2 Å². The summed E-state index contributed by atoms with van der Waals surface area (Å²) < 4.78 is 1.78. The topological polar surface area (TPSA) is 76.2 Å². The van der Waals surface area contributed by atoms with E-state index in [-0.39, 0.29) is 18.1 Å². The molecule has 1 aliphatic rings. The zero-order valence-corrected chi connectivity index (χ0v) is 13.8. The number of rotatable bonds is 2. The summed E-state index contributed by atoms with van der Waals surface area (Å²) in [5.74, 6) is 0. The number of anilines is 1. The first-order valence-electron chi connectivity index (χ1n) is 7.91. The molecule has 1 saturated heterocycles. The third-order valence-electron chi connectivity index (χ3n) is 4.51. The van der Waals surface area contributed by atoms with Crippen LogP contribution in [0.2, 0.25) is 0 Å². The molecule has 3 rings (SSSR count). The average Bonchev–Trinajstić information content (AvgIpc) is 3.07. The number of carbonyl (C=O) groups excluding carboxylic acids is 1. The molecule has 1 aromatic carbocycles. The second-order valence-electron chi connectivity index (χ2n) is 6.28. The number of hydrogen-bond acceptors (Lipinski definition) is 3. The van der Waals surface area contributed by atoms with Crippen molar-refractivity contribution in [2.45, 2.75) is 39.3 Å². The Balaban J connectivity index is 1.73. The van der Waals surface area contributed by atoms with E-state index in [1.54, 1.807) is 15.8 Å². The largest absolute Gasteiger partial charge is 0.326 e. The molecule has 0 bridgehead atoms. The molecule has 2 heterocycles. The fourth-order valence-corrected chi connectivity index (χ4v) is 3.03. The third-order valence-corrected chi connectivity index (χ3v) is 4.51. The predicted octanol–water partition coefficient (Wildman–Crippen LogP) is 2.44. The maximum atomic E-state index is 12.4. The number of hydrogen-bond donors (Lipinski definition) is 2. The lowest BCUT2D eigenvalue weighted by Crippen LogP contribution is -2.42. The van der Waals surface area contributed by atoms with Gasteiger partial charge in [-0.25, -0.2) is 9.48 Å². The van der Waals surface area contributed by atoms with Crippen LogP contribution in [-0.2, 0) is 0 Å². The number of aryl methyl sites for hydroxylation is 2. The van der Waals surface area contributed by atoms with E-state index >= 15 is 0 Å². The number of nitrogens with one attached hydrogen (secondary N) is 1. The SMILES string of the molecule is Cc1ccc(-n2cc(NC(=O)N3CC[C@H](N)[C@@H]3C)cn2)c(C)c1. The zero-order chi connectivity index (χ0) is 16.6. The van der Waals surface area contributed by atoms with E-state index < -0.39 is 0 Å². The predicted molar refractivity (Wildman–Crippen MR) is 90.8 cm³/mol. The summed E-state index contributed by atoms with van der Waals surface area (Å²) in [6.45, 7) is 6.79. The zero-order valence-electron chi connectivity index (χ0n) is 13.8. The fourth-order valence-electron chi connectivity index (χ4n) is 3.03. The highest BCUT2D eigenvalue weighted by Gasteiger charge is 2.31. The standard InChI is InChI=1S/C17H23N5O/c1-11-4-5-16(12(2)8-11)22-10-14(9-19-22)20-17(23)21-7-6-15(18)13(21)3/h4-5,8-10,13,15H,6-7,18H2,1-3H3,(H,20,23)/t13-,15-/m0/s1. The molecule has 0 aliphatic carbocycles. The van der Waals surface area contributed by atoms with Gasteiger partial charge in [-0.05, 0) is 38.8 Å². The van der Waals surface area contributed by atoms with Gasteiger partial charge in [0, 0.05) is 18.6 Å². The monoisotopic (exact) mass is 313 g/mol. The average molecular weight is 313 g/mol. The Hall–Kier alpha value is -2.34. The summed E-state index contributed by atoms with van der Waals surface area (Å²) in [7, 11) is 0. The summed E-state index contributed by atoms with van der Waals surface area (Å²) in [5, 5.41) is 7.25. The summed E-state index contributed by atoms with van der Waals surface area (Å²) in [5.41, 5.74) is 10.0. The normalized spacial score (nSPS) is 20.8. The molecule has 1 aliphatic heterocycles. The number of amides is 2. The summed E-state index contributed by atoms with van der Waals surface area (Å²) in [6.07, 6.45) is 4.34. The van der Waals surface area contributed by atoms with Crippen molar-refractivity contribution < 1.29 is 4.79 Å². The molecule has 0 spiro atoms. The maximum Gasteiger partial charge on any atom is 0.322 e. The van der Waals surface area contributed by atoms with Crippen LogP contribution in [0.15, 0.2) is 30.6 Å². The second-order valence-corrected chi connectivity index (χ2v) is 6.28. The maximum absolute atomic E-state index is 12.4. The number of nitrogens with zero attached hydrogens (tertiary/aromatic N) is 3. The van der Waals surface area contributed by atoms with Crippen molar-refractivity contribution in [2.24, 2.45) is 5.73 Å². The molecule has 2 amide bonds. The van der Waals surface area contributed by atoms with Gasteiger partial charge < -0.3 is 16.0 Å². The lowest BCUT2D eigenvalue weighted by molar-refractivity contribution is 0.208. The minimum Gasteiger partial charge on any atom is -0.326 e. The molecule has 122 valence electrons. The Labute approximate surface area is 136 Å². The quantitative estimate of drug-likeness (QED) is 0.894. The molecule has 0 saturated carbocycles. The van der Waals surface area contributed by atoms with Crippen molar-refractivity contribution in [3.8, 4) is 5.69 Å². The van der Waals surface area contributed by atoms with Crippen LogP contribution >= 0.6 is 0 Å². The highest BCUT2D eigenvalue weighted by molar-refractivity contribution is 5.89. The Kier molecular flexibility index (Phi) is 4.09. The summed E-state index contributed by atoms with van der Waals surface area (Å²) in [6, 6.07) is 6.19. The molecule has 2 atom stereocenters. The first kappa shape index (κ1) is 15.6. The van der Waals surface area contributed by atoms with Gasteiger partial charge in [0.25, 0.3) is 0 Å². The van der Waals surface area contributed by atoms with Crippen molar-refractivity contribution in [1.29, 1.82) is 0 Å². The van der Waals surface area contributed by atoms with Crippen molar-refractivity contribution in [1.82, 2.24) is 14.7 Å². The molecule has 1 aromatic heterocycles. The van der Waals surface area contributed by atoms with Crippen LogP contribution in [0.4, 0.5) is 10.5 Å². The van der Waals surface area contributed by atoms with Crippen molar-refractivity contribution in [2.75, 3.05) is 11.9 Å². The van der Waals surface area contributed by atoms with Gasteiger partial charge in [0.15, 0.2) is 0 Å². The minimum absolute atomic E-state index is 0.0543. The van der Waals surface area contributed by atoms with E-state index in [4.69, 9.17) is 5.73 Å². The number of likely N-dealkylation sites (tertiary alicyclic amines) is 1. The number of carbonyl (C=O) groups is 1. The van der Waals surface area contributed by atoms with Crippen LogP contribution in [0, 0.1) is 13.8 Å². The van der Waals surface area contributed by atoms with Crippen LogP contribution in [0.1, 0.15) is 24.5 Å². The Bertz CT molecular complexity index is 724. The molecule has 2 aromatic rings. The molecule has 0 unspecified atom stereocenters. The van der Waals surface area contributed by atoms with Gasteiger partial charge in [0.1, 0.15) is 0 Å². The number of benzene rings is 1. The number of urea groups is 1. The minimum atomic E-state index is -0.120. The van der Waals surface area contributed by atoms with E-state index in [1.807, 2.05) is 19.2 Å². The van der Waals surface area contributed by atoms with Gasteiger partial charge in [-0.15, -0.1) is 0 Å². The first-order chi connectivity index (χ1) is 11.0. The third kappa shape index (κ3) is 3.07. The fraction of sp³-hybridized carbons (Fsp3) is 0.412. The van der Waals surface area contributed by atoms with Crippen molar-refractivity contribution in [3.63, 3.8) is 0 Å². The Morgan fingerprint density at radius 1 is 1.39 bits per heavy atom. The van der Waals surface area contributed by atoms with E-state index in [1.165, 1.54) is 5.56 Å². The molecule has 3 N–H and O–H groups in total. The smallest absolute Gasteiger partial charge is 0.322 e. The molecular weight excluding hydrogens is 290 g/mol. The van der Waals surface area contributed by atoms with Gasteiger partial charge in [0.2, 0.25) is 0 Å². The number of aromatic nitrogens is 2. The highest BCUT2D eigenvalue weighted by atomic mass is 16.2. The molecule has 1 fully saturated rings. The first-order valence-corrected chi connectivity index (χ1v) is 7.91. The van der Waals surface area contributed by atoms with Crippen LogP contribution in [0.5, 0.6) is 0 Å². The molecule has 6 heteroatoms. The lowest BCUT2D eigenvalue weighted by atomic mass is 10.1. The highest BCUT2D eigenvalue weighted by Crippen LogP contribution is 2.20. The van der Waals surface area contributed by atoms with Gasteiger partial charge in [0.05, 0.1) is 23.8 Å². The van der Waals surface area contributed by atoms with Crippen molar-refractivity contribution >= 4 is 11.7 Å². The van der Waals surface area contributed by atoms with Gasteiger partial charge in [-0.3, -0.25) is 0 Å². The number of nitrogens with two attached hydrogens (primary N) is 1. The van der Waals surface area contributed by atoms with Crippen LogP contribution in [0.25, 0.3) is 5.69 Å². The van der Waals surface area contributed by atoms with Crippen molar-refractivity contribution in [3.05, 3.63) is 41.7 Å². The Morgan fingerprint density at radius 3 is 2.83 bits per heavy atom. The Morgan fingerprint density at radius 2 is 2.17 bits per heavy atom. The molecular formula is C17H23N5O. The summed E-state index contributed by atoms with van der Waals surface area (Å²) in [4.78, 5) is 14.1. The lowest BCUT2D eigenvalue weighted by Gasteiger charge is -2.23. The molecule has 23 heavy (non-hydrogen) atoms. The molecule has 6 nitrogen and oxygen atoms in total. The van der Waals surface area contributed by atoms with E-state index in [9.17, 15) is 4.79 Å². The molecule has 0 radical (unpaired) electrons. The van der Waals surface area contributed by atoms with E-state index in [0.717, 1.165) is 17.7 Å². The van der Waals surface area contributed by atoms with Gasteiger partial charge in [-0.2, -0.15) is 5.10 Å².